The number of allylic oxidation sites excluding steroid dienone is 2. The molecule has 0 fully saturated rings. The van der Waals surface area contributed by atoms with Crippen molar-refractivity contribution in [3.05, 3.63) is 86.1 Å². The molecule has 340 valence electrons. The first-order chi connectivity index (χ1) is 29.0. The zero-order valence-corrected chi connectivity index (χ0v) is 41.8. The zero-order chi connectivity index (χ0) is 47.0. The molecule has 0 saturated carbocycles. The van der Waals surface area contributed by atoms with Gasteiger partial charge in [-0.3, -0.25) is 14.4 Å². The number of rotatable bonds is 11. The number of hydrogen-bond donors (Lipinski definition) is 3. The largest absolute Gasteiger partial charge is 0.871 e. The number of anilines is 3. The molecular weight excluding hydrogens is 805 g/mol. The molecule has 1 aliphatic carbocycles. The van der Waals surface area contributed by atoms with Crippen molar-refractivity contribution in [2.45, 2.75) is 176 Å². The molecule has 0 bridgehead atoms. The van der Waals surface area contributed by atoms with Gasteiger partial charge in [0, 0.05) is 75.3 Å². The monoisotopic (exact) mass is 877 g/mol. The van der Waals surface area contributed by atoms with Crippen molar-refractivity contribution in [1.29, 1.82) is 0 Å². The molecule has 3 aromatic carbocycles. The van der Waals surface area contributed by atoms with E-state index in [0.29, 0.717) is 46.5 Å². The van der Waals surface area contributed by atoms with E-state index >= 15 is 0 Å². The third-order valence-corrected chi connectivity index (χ3v) is 14.8. The van der Waals surface area contributed by atoms with E-state index in [1.54, 1.807) is 11.8 Å². The van der Waals surface area contributed by atoms with Crippen LogP contribution in [0.25, 0.3) is 11.1 Å². The molecule has 3 N–H and O–H groups in total. The van der Waals surface area contributed by atoms with Gasteiger partial charge in [0.05, 0.1) is 16.8 Å². The summed E-state index contributed by atoms with van der Waals surface area (Å²) in [6, 6.07) is 12.4. The first kappa shape index (κ1) is 47.9. The molecule has 9 nitrogen and oxygen atoms in total. The minimum Gasteiger partial charge on any atom is -0.871 e. The zero-order valence-electron chi connectivity index (χ0n) is 41.0. The van der Waals surface area contributed by atoms with Crippen LogP contribution >= 0.6 is 11.8 Å². The van der Waals surface area contributed by atoms with Crippen LogP contribution in [0.2, 0.25) is 0 Å². The number of nitrogens with zero attached hydrogens (tertiary/aromatic N) is 2. The third kappa shape index (κ3) is 8.46. The second-order valence-corrected chi connectivity index (χ2v) is 22.9. The molecule has 2 unspecified atom stereocenters. The predicted octanol–water partition coefficient (Wildman–Crippen LogP) is 8.23. The van der Waals surface area contributed by atoms with Crippen LogP contribution in [-0.2, 0) is 42.5 Å². The number of thioether (sulfide) groups is 1. The summed E-state index contributed by atoms with van der Waals surface area (Å²) in [6.07, 6.45) is 2.83. The summed E-state index contributed by atoms with van der Waals surface area (Å²) in [7, 11) is 0. The smallest absolute Gasteiger partial charge is 0.225 e. The molecule has 10 heteroatoms. The van der Waals surface area contributed by atoms with Crippen molar-refractivity contribution in [1.82, 2.24) is 4.58 Å². The van der Waals surface area contributed by atoms with Crippen LogP contribution < -0.4 is 35.8 Å². The lowest BCUT2D eigenvalue weighted by Crippen LogP contribution is -2.42. The maximum Gasteiger partial charge on any atom is 0.225 e. The van der Waals surface area contributed by atoms with Gasteiger partial charge in [-0.2, -0.15) is 11.8 Å². The molecule has 2 aliphatic heterocycles. The fourth-order valence-electron chi connectivity index (χ4n) is 10.0. The summed E-state index contributed by atoms with van der Waals surface area (Å²) in [5.41, 5.74) is 5.78. The lowest BCUT2D eigenvalue weighted by molar-refractivity contribution is -0.292. The van der Waals surface area contributed by atoms with Gasteiger partial charge in [0.15, 0.2) is 11.8 Å². The minimum atomic E-state index is -0.405. The second-order valence-electron chi connectivity index (χ2n) is 21.9. The number of fused-ring (bicyclic) bond motifs is 2. The van der Waals surface area contributed by atoms with Gasteiger partial charge in [0.1, 0.15) is 11.8 Å². The molecule has 6 rings (SSSR count). The molecular formula is C53H72N4O5S. The van der Waals surface area contributed by atoms with Crippen LogP contribution in [0.3, 0.4) is 0 Å². The number of phenolic OH excluding ortho intramolecular Hbond substituents is 1. The van der Waals surface area contributed by atoms with Gasteiger partial charge in [-0.25, -0.2) is 4.58 Å². The number of carbonyl (C=O) groups is 3. The molecule has 0 aromatic heterocycles. The van der Waals surface area contributed by atoms with E-state index in [1.165, 1.54) is 0 Å². The Labute approximate surface area is 380 Å². The van der Waals surface area contributed by atoms with E-state index in [2.05, 4.69) is 131 Å². The highest BCUT2D eigenvalue weighted by atomic mass is 32.2. The Morgan fingerprint density at radius 1 is 0.825 bits per heavy atom. The van der Waals surface area contributed by atoms with Crippen LogP contribution in [0, 0.1) is 0 Å². The van der Waals surface area contributed by atoms with Crippen molar-refractivity contribution in [3.63, 3.8) is 0 Å². The highest BCUT2D eigenvalue weighted by Crippen LogP contribution is 2.51. The Morgan fingerprint density at radius 2 is 1.40 bits per heavy atom. The Hall–Kier alpha value is -4.57. The minimum absolute atomic E-state index is 0.0364. The van der Waals surface area contributed by atoms with Gasteiger partial charge < -0.3 is 25.7 Å². The van der Waals surface area contributed by atoms with Crippen LogP contribution in [0.4, 0.5) is 17.1 Å². The third-order valence-electron chi connectivity index (χ3n) is 14.2. The molecule has 63 heavy (non-hydrogen) atoms. The maximum absolute atomic E-state index is 14.8. The standard InChI is InChI=1S/C53H72N4O5S/c1-28(2)56-30(5)52(13,14)35-24-33(39(26-41(35)56)54-43(58)19-18-32-22-37(50(7,8)9)47(60)38(23-32)51(10,11)12)45-48(61)46(49(45)62)34-25-36-42(27-40(34)55-44(59)20-21-63-17)57(29(3)4)31(6)53(36,15)16/h22-31H,18-21H2,1-17H3,(H3,54,55,58,59,60,61,62). The molecule has 0 saturated heterocycles. The van der Waals surface area contributed by atoms with E-state index in [4.69, 9.17) is 0 Å². The maximum atomic E-state index is 14.8. The lowest BCUT2D eigenvalue weighted by Gasteiger charge is -2.34. The topological polar surface area (TPSA) is 125 Å². The number of benzene rings is 3. The van der Waals surface area contributed by atoms with Gasteiger partial charge >= 0.3 is 0 Å². The van der Waals surface area contributed by atoms with Crippen molar-refractivity contribution in [3.8, 4) is 5.75 Å². The number of nitrogens with one attached hydrogen (secondary N) is 2. The normalized spacial score (nSPS) is 20.1. The number of hydrogen-bond acceptors (Lipinski definition) is 7. The quantitative estimate of drug-likeness (QED) is 0.166. The number of Topliss-reactive ketones (excluding diaryl/α,β-unsaturated/α-hetero) is 1. The van der Waals surface area contributed by atoms with Crippen LogP contribution in [-0.4, -0.2) is 58.9 Å². The van der Waals surface area contributed by atoms with Crippen LogP contribution in [0.5, 0.6) is 5.75 Å². The first-order valence-corrected chi connectivity index (χ1v) is 24.2. The number of ketones is 1. The average molecular weight is 877 g/mol. The summed E-state index contributed by atoms with van der Waals surface area (Å²) in [5, 5.41) is 33.8. The van der Waals surface area contributed by atoms with Gasteiger partial charge in [-0.1, -0.05) is 73.3 Å². The van der Waals surface area contributed by atoms with Crippen molar-refractivity contribution in [2.75, 3.05) is 27.5 Å². The molecule has 2 atom stereocenters. The van der Waals surface area contributed by atoms with Gasteiger partial charge in [0.2, 0.25) is 17.2 Å². The molecule has 3 aromatic rings. The fourth-order valence-corrected chi connectivity index (χ4v) is 10.4. The van der Waals surface area contributed by atoms with Crippen LogP contribution in [0.1, 0.15) is 157 Å². The molecule has 0 radical (unpaired) electrons. The van der Waals surface area contributed by atoms with Crippen molar-refractivity contribution in [2.24, 2.45) is 0 Å². The van der Waals surface area contributed by atoms with E-state index in [0.717, 1.165) is 38.9 Å². The van der Waals surface area contributed by atoms with Crippen LogP contribution in [0.15, 0.2) is 42.2 Å². The Kier molecular flexibility index (Phi) is 12.7. The molecule has 0 spiro atoms. The van der Waals surface area contributed by atoms with E-state index in [-0.39, 0.29) is 75.2 Å². The predicted molar refractivity (Wildman–Crippen MR) is 261 cm³/mol. The highest BCUT2D eigenvalue weighted by Gasteiger charge is 2.47. The Morgan fingerprint density at radius 3 is 1.92 bits per heavy atom. The SMILES string of the molecule is CSCCC(=O)Nc1cc2c(cc1C1=C([O-])/C(=c3/cc4c(cc3NC(=O)CCc3cc(C(C)(C)C)c(O)c(C(C)(C)C)c3)=[N+](C(C)C)C(C)C4(C)C)C1=O)C(C)(C)C(C)N2C(C)C. The number of aromatic hydroxyl groups is 1. The van der Waals surface area contributed by atoms with Gasteiger partial charge in [0.25, 0.3) is 0 Å². The lowest BCUT2D eigenvalue weighted by atomic mass is 9.76. The van der Waals surface area contributed by atoms with E-state index in [9.17, 15) is 24.6 Å². The summed E-state index contributed by atoms with van der Waals surface area (Å²) in [5.74, 6) is -0.301. The van der Waals surface area contributed by atoms with Gasteiger partial charge in [-0.05, 0) is 119 Å². The number of amides is 2. The Bertz CT molecular complexity index is 2510. The van der Waals surface area contributed by atoms with E-state index < -0.39 is 11.5 Å². The summed E-state index contributed by atoms with van der Waals surface area (Å²) in [4.78, 5) is 44.6. The Balaban J connectivity index is 1.51. The van der Waals surface area contributed by atoms with Crippen molar-refractivity contribution >= 4 is 57.6 Å². The number of phenols is 1. The molecule has 3 aliphatic rings. The van der Waals surface area contributed by atoms with E-state index in [1.807, 2.05) is 42.7 Å². The highest BCUT2D eigenvalue weighted by molar-refractivity contribution is 7.98. The molecule has 2 heterocycles. The molecule has 2 amide bonds. The first-order valence-electron chi connectivity index (χ1n) is 22.8. The summed E-state index contributed by atoms with van der Waals surface area (Å²) >= 11 is 1.58. The second kappa shape index (κ2) is 16.8. The number of carbonyl (C=O) groups excluding carboxylic acids is 3. The summed E-state index contributed by atoms with van der Waals surface area (Å²) in [6.45, 7) is 34.1. The van der Waals surface area contributed by atoms with Gasteiger partial charge in [-0.15, -0.1) is 0 Å². The fraction of sp³-hybridized carbons (Fsp3) is 0.547. The van der Waals surface area contributed by atoms with Crippen molar-refractivity contribution < 1.29 is 24.6 Å². The summed E-state index contributed by atoms with van der Waals surface area (Å²) < 4.78 is 2.35. The average Bonchev–Trinajstić information content (AvgIpc) is 3.48. The number of aryl methyl sites for hydroxylation is 1.